The highest BCUT2D eigenvalue weighted by Crippen LogP contribution is 2.42. The minimum atomic E-state index is -4.27. The minimum absolute atomic E-state index is 0.0392. The number of methoxy groups -OCH3 is 1. The number of rotatable bonds is 16. The van der Waals surface area contributed by atoms with Gasteiger partial charge in [0.05, 0.1) is 19.3 Å². The van der Waals surface area contributed by atoms with Crippen molar-refractivity contribution in [1.29, 1.82) is 5.41 Å². The number of carbonyl (C=O) groups is 3. The lowest BCUT2D eigenvalue weighted by Crippen LogP contribution is -2.48. The molecule has 0 saturated carbocycles. The number of amidine groups is 1. The number of carbonyl (C=O) groups excluding carboxylic acids is 3. The molecule has 2 atom stereocenters. The van der Waals surface area contributed by atoms with Crippen molar-refractivity contribution in [3.8, 4) is 0 Å². The number of nitrogens with two attached hydrogens (primary N) is 1. The number of ether oxygens (including phenoxy) is 5. The molecule has 54 heavy (non-hydrogen) atoms. The van der Waals surface area contributed by atoms with Gasteiger partial charge in [-0.15, -0.1) is 11.3 Å². The molecule has 4 N–H and O–H groups in total. The fourth-order valence-electron chi connectivity index (χ4n) is 5.31. The third-order valence-electron chi connectivity index (χ3n) is 7.94. The van der Waals surface area contributed by atoms with E-state index in [2.05, 4.69) is 22.5 Å². The summed E-state index contributed by atoms with van der Waals surface area (Å²) in [6, 6.07) is 0.223. The lowest BCUT2D eigenvalue weighted by molar-refractivity contribution is -0.150. The fourth-order valence-corrected chi connectivity index (χ4v) is 9.81. The number of nitrogens with zero attached hydrogens (tertiary/aromatic N) is 4. The second kappa shape index (κ2) is 20.1. The van der Waals surface area contributed by atoms with Gasteiger partial charge in [0.1, 0.15) is 21.1 Å². The monoisotopic (exact) mass is 839 g/mol. The predicted molar refractivity (Wildman–Crippen MR) is 201 cm³/mol. The molecule has 0 aliphatic carbocycles. The maximum Gasteiger partial charge on any atom is 0.331 e. The van der Waals surface area contributed by atoms with Crippen molar-refractivity contribution in [3.05, 3.63) is 23.8 Å². The van der Waals surface area contributed by atoms with Gasteiger partial charge in [0.25, 0.3) is 21.8 Å². The summed E-state index contributed by atoms with van der Waals surface area (Å²) in [4.78, 5) is 41.8. The van der Waals surface area contributed by atoms with Gasteiger partial charge >= 0.3 is 11.9 Å². The highest BCUT2D eigenvalue weighted by molar-refractivity contribution is 7.94. The van der Waals surface area contributed by atoms with E-state index in [1.54, 1.807) is 11.8 Å². The summed E-state index contributed by atoms with van der Waals surface area (Å²) in [5, 5.41) is 16.9. The third kappa shape index (κ3) is 13.0. The van der Waals surface area contributed by atoms with E-state index < -0.39 is 56.6 Å². The summed E-state index contributed by atoms with van der Waals surface area (Å²) >= 11 is 4.47. The van der Waals surface area contributed by atoms with E-state index in [0.717, 1.165) is 22.5 Å². The van der Waals surface area contributed by atoms with Gasteiger partial charge in [0.2, 0.25) is 10.0 Å². The Morgan fingerprint density at radius 1 is 1.22 bits per heavy atom. The summed E-state index contributed by atoms with van der Waals surface area (Å²) in [5.41, 5.74) is -0.271. The van der Waals surface area contributed by atoms with Gasteiger partial charge in [-0.05, 0) is 53.0 Å². The van der Waals surface area contributed by atoms with Crippen LogP contribution in [0.3, 0.4) is 0 Å². The molecule has 0 spiro atoms. The van der Waals surface area contributed by atoms with Crippen LogP contribution in [0.25, 0.3) is 0 Å². The van der Waals surface area contributed by atoms with E-state index in [0.29, 0.717) is 44.1 Å². The van der Waals surface area contributed by atoms with E-state index in [9.17, 15) is 31.2 Å². The van der Waals surface area contributed by atoms with Crippen LogP contribution >= 0.6 is 24.2 Å². The van der Waals surface area contributed by atoms with Gasteiger partial charge in [-0.25, -0.2) is 31.6 Å². The lowest BCUT2D eigenvalue weighted by atomic mass is 10.1. The summed E-state index contributed by atoms with van der Waals surface area (Å²) in [6.45, 7) is 8.57. The van der Waals surface area contributed by atoms with E-state index in [1.165, 1.54) is 12.0 Å². The maximum atomic E-state index is 13.4. The van der Waals surface area contributed by atoms with Crippen LogP contribution in [0.1, 0.15) is 45.7 Å². The molecular weight excluding hydrogens is 791 g/mol. The van der Waals surface area contributed by atoms with Crippen molar-refractivity contribution >= 4 is 73.8 Å². The topological polar surface area (TPSA) is 250 Å². The number of hydrogen-bond acceptors (Lipinski definition) is 17. The molecule has 1 amide bonds. The molecule has 3 rings (SSSR count). The molecule has 2 aliphatic heterocycles. The zero-order chi connectivity index (χ0) is 40.3. The van der Waals surface area contributed by atoms with Crippen LogP contribution in [-0.4, -0.2) is 152 Å². The van der Waals surface area contributed by atoms with E-state index >= 15 is 0 Å². The molecule has 1 aromatic rings. The highest BCUT2D eigenvalue weighted by atomic mass is 32.3. The number of morpholine rings is 1. The molecule has 1 saturated heterocycles. The number of sulfonamides is 2. The first-order valence-corrected chi connectivity index (χ1v) is 21.0. The molecule has 19 nitrogen and oxygen atoms in total. The molecule has 2 aliphatic rings. The van der Waals surface area contributed by atoms with Crippen LogP contribution in [0, 0.1) is 5.41 Å². The van der Waals surface area contributed by atoms with Gasteiger partial charge in [-0.2, -0.15) is 8.70 Å². The Kier molecular flexibility index (Phi) is 16.9. The van der Waals surface area contributed by atoms with Crippen LogP contribution in [0.15, 0.2) is 31.0 Å². The molecule has 1 aromatic heterocycles. The number of nitrogens with one attached hydrogen (secondary N) is 2. The molecule has 0 radical (unpaired) electrons. The third-order valence-corrected chi connectivity index (χ3v) is 13.1. The normalized spacial score (nSPS) is 18.5. The predicted octanol–water partition coefficient (Wildman–Crippen LogP) is 0.295. The maximum absolute atomic E-state index is 13.4. The first kappa shape index (κ1) is 45.2. The number of likely N-dealkylation sites (N-methyl/N-ethyl adjacent to an activating group) is 1. The van der Waals surface area contributed by atoms with Crippen molar-refractivity contribution in [3.63, 3.8) is 0 Å². The van der Waals surface area contributed by atoms with Crippen LogP contribution in [0.4, 0.5) is 0 Å². The first-order valence-electron chi connectivity index (χ1n) is 16.8. The van der Waals surface area contributed by atoms with Gasteiger partial charge in [0, 0.05) is 76.2 Å². The Hall–Kier alpha value is -3.16. The summed E-state index contributed by atoms with van der Waals surface area (Å²) in [5.74, 6) is -2.74. The molecular formula is C31H49N7O12S4. The summed E-state index contributed by atoms with van der Waals surface area (Å²) in [7, 11) is -6.92. The Labute approximate surface area is 325 Å². The number of thiol groups is 1. The number of primary sulfonamides is 1. The van der Waals surface area contributed by atoms with Gasteiger partial charge in [0.15, 0.2) is 12.4 Å². The quantitative estimate of drug-likeness (QED) is 0.0437. The molecule has 23 heteroatoms. The molecule has 0 aromatic carbocycles. The van der Waals surface area contributed by atoms with E-state index in [-0.39, 0.29) is 70.6 Å². The van der Waals surface area contributed by atoms with Crippen LogP contribution < -0.4 is 10.5 Å². The highest BCUT2D eigenvalue weighted by Gasteiger charge is 2.43. The number of esters is 2. The average Bonchev–Trinajstić information content (AvgIpc) is 3.58. The number of hydrogen-bond donors (Lipinski definition) is 4. The molecule has 1 fully saturated rings. The smallest absolute Gasteiger partial charge is 0.331 e. The van der Waals surface area contributed by atoms with Gasteiger partial charge < -0.3 is 38.8 Å². The summed E-state index contributed by atoms with van der Waals surface area (Å²) < 4.78 is 82.1. The zero-order valence-electron chi connectivity index (χ0n) is 30.8. The van der Waals surface area contributed by atoms with Crippen LogP contribution in [0.2, 0.25) is 0 Å². The standard InChI is InChI=1S/C31H49N7O12S4/c1-6-38(23-18-37(10-7-13-46-5)54(44,45)30-22(23)16-27(52-30)53(33,42)43)24(39)20-48-25(40)8-9-26(41)50-21(17-34-31(2,3)4)19-49-28(32)29(35-51)36-11-14-47-15-12-36/h8-9,16,21,23,32,34,51H,6-7,10-15,17-20H2,1-5H3,(H2,33,42,43)/b9-8-,32-28?,35-29+/t21-,23-/m0/s1. The Morgan fingerprint density at radius 2 is 1.89 bits per heavy atom. The van der Waals surface area contributed by atoms with Crippen molar-refractivity contribution in [1.82, 2.24) is 19.4 Å². The minimum Gasteiger partial charge on any atom is -0.471 e. The number of thiophene rings is 1. The fraction of sp³-hybridized carbons (Fsp3) is 0.645. The van der Waals surface area contributed by atoms with Gasteiger partial charge in [-0.3, -0.25) is 10.2 Å². The molecule has 304 valence electrons. The average molecular weight is 840 g/mol. The zero-order valence-corrected chi connectivity index (χ0v) is 34.2. The second-order valence-corrected chi connectivity index (χ2v) is 18.2. The first-order chi connectivity index (χ1) is 25.3. The van der Waals surface area contributed by atoms with Crippen molar-refractivity contribution in [2.45, 2.75) is 60.2 Å². The second-order valence-electron chi connectivity index (χ2n) is 13.1. The van der Waals surface area contributed by atoms with Crippen molar-refractivity contribution < 1.29 is 54.9 Å². The van der Waals surface area contributed by atoms with E-state index in [1.807, 2.05) is 20.8 Å². The van der Waals surface area contributed by atoms with Crippen molar-refractivity contribution in [2.75, 3.05) is 79.4 Å². The Bertz CT molecular complexity index is 1770. The number of fused-ring (bicyclic) bond motifs is 1. The Morgan fingerprint density at radius 3 is 2.48 bits per heavy atom. The lowest BCUT2D eigenvalue weighted by Gasteiger charge is -2.38. The van der Waals surface area contributed by atoms with Crippen LogP contribution in [0.5, 0.6) is 0 Å². The van der Waals surface area contributed by atoms with Crippen molar-refractivity contribution in [2.24, 2.45) is 9.54 Å². The Balaban J connectivity index is 1.66. The SMILES string of the molecule is CCN(C(=O)COC(=O)/C=C\C(=O)O[C@@H](CNC(C)(C)C)COC(=N)/C(=N\S)N1CCOCC1)[C@H]1CN(CCCOC)S(=O)(=O)c2sc(S(N)(=O)=O)cc21. The summed E-state index contributed by atoms with van der Waals surface area (Å²) in [6.07, 6.45) is 1.05. The molecule has 0 bridgehead atoms. The molecule has 0 unspecified atom stereocenters. The van der Waals surface area contributed by atoms with Crippen LogP contribution in [-0.2, 0) is 58.1 Å². The number of amides is 1. The van der Waals surface area contributed by atoms with Gasteiger partial charge in [-0.1, -0.05) is 0 Å². The molecule has 3 heterocycles. The largest absolute Gasteiger partial charge is 0.471 e. The van der Waals surface area contributed by atoms with E-state index in [4.69, 9.17) is 34.2 Å².